The molecule has 0 unspecified atom stereocenters. The fourth-order valence-electron chi connectivity index (χ4n) is 1.22. The predicted molar refractivity (Wildman–Crippen MR) is 53.3 cm³/mol. The minimum atomic E-state index is -1.02. The first-order chi connectivity index (χ1) is 6.53. The number of halogens is 1. The molecule has 0 aliphatic heterocycles. The fraction of sp³-hybridized carbons (Fsp3) is 0.444. The first kappa shape index (κ1) is 9.58. The number of hydrogen-bond acceptors (Lipinski definition) is 3. The van der Waals surface area contributed by atoms with Gasteiger partial charge in [0.2, 0.25) is 0 Å². The molecule has 0 aromatic carbocycles. The molecule has 1 aromatic rings. The van der Waals surface area contributed by atoms with Crippen molar-refractivity contribution in [1.82, 2.24) is 9.97 Å². The van der Waals surface area contributed by atoms with Crippen molar-refractivity contribution in [2.24, 2.45) is 0 Å². The zero-order valence-electron chi connectivity index (χ0n) is 7.62. The standard InChI is InChI=1S/C9H9BrN2O2/c1-9(2-3-9)8-11-4-5(10)6(12-8)7(13)14/h4H,2-3H2,1H3,(H,13,14). The maximum Gasteiger partial charge on any atom is 0.355 e. The first-order valence-electron chi connectivity index (χ1n) is 4.29. The van der Waals surface area contributed by atoms with Crippen molar-refractivity contribution in [3.63, 3.8) is 0 Å². The molecule has 5 heteroatoms. The summed E-state index contributed by atoms with van der Waals surface area (Å²) in [6.45, 7) is 2.04. The molecule has 2 rings (SSSR count). The molecule has 1 aliphatic rings. The summed E-state index contributed by atoms with van der Waals surface area (Å²) in [5, 5.41) is 8.86. The van der Waals surface area contributed by atoms with E-state index in [1.807, 2.05) is 6.92 Å². The highest BCUT2D eigenvalue weighted by atomic mass is 79.9. The van der Waals surface area contributed by atoms with Gasteiger partial charge in [0.1, 0.15) is 5.82 Å². The molecule has 14 heavy (non-hydrogen) atoms. The average Bonchev–Trinajstić information content (AvgIpc) is 2.85. The van der Waals surface area contributed by atoms with Crippen molar-refractivity contribution in [2.75, 3.05) is 0 Å². The molecule has 1 heterocycles. The third kappa shape index (κ3) is 1.52. The second-order valence-electron chi connectivity index (χ2n) is 3.76. The smallest absolute Gasteiger partial charge is 0.355 e. The van der Waals surface area contributed by atoms with Crippen molar-refractivity contribution < 1.29 is 9.90 Å². The van der Waals surface area contributed by atoms with Crippen LogP contribution < -0.4 is 0 Å². The fourth-order valence-corrected chi connectivity index (χ4v) is 1.58. The lowest BCUT2D eigenvalue weighted by molar-refractivity contribution is 0.0688. The van der Waals surface area contributed by atoms with Gasteiger partial charge in [0.15, 0.2) is 5.69 Å². The Bertz CT molecular complexity index is 402. The summed E-state index contributed by atoms with van der Waals surface area (Å²) in [6, 6.07) is 0. The molecule has 0 spiro atoms. The van der Waals surface area contributed by atoms with Crippen LogP contribution in [0.5, 0.6) is 0 Å². The number of carboxylic acid groups (broad SMARTS) is 1. The average molecular weight is 257 g/mol. The summed E-state index contributed by atoms with van der Waals surface area (Å²) in [5.74, 6) is -0.386. The largest absolute Gasteiger partial charge is 0.476 e. The lowest BCUT2D eigenvalue weighted by Gasteiger charge is -2.07. The van der Waals surface area contributed by atoms with Gasteiger partial charge in [-0.2, -0.15) is 0 Å². The van der Waals surface area contributed by atoms with Crippen molar-refractivity contribution in [3.05, 3.63) is 22.2 Å². The first-order valence-corrected chi connectivity index (χ1v) is 5.08. The van der Waals surface area contributed by atoms with Crippen LogP contribution in [-0.2, 0) is 5.41 Å². The molecular weight excluding hydrogens is 248 g/mol. The Kier molecular flexibility index (Phi) is 2.06. The molecule has 1 N–H and O–H groups in total. The Labute approximate surface area is 89.5 Å². The number of carbonyl (C=O) groups is 1. The van der Waals surface area contributed by atoms with E-state index in [4.69, 9.17) is 5.11 Å². The second-order valence-corrected chi connectivity index (χ2v) is 4.61. The van der Waals surface area contributed by atoms with E-state index in [2.05, 4.69) is 25.9 Å². The van der Waals surface area contributed by atoms with Crippen molar-refractivity contribution in [1.29, 1.82) is 0 Å². The van der Waals surface area contributed by atoms with E-state index in [1.54, 1.807) is 0 Å². The number of rotatable bonds is 2. The normalized spacial score (nSPS) is 17.9. The maximum absolute atomic E-state index is 10.8. The van der Waals surface area contributed by atoms with E-state index in [1.165, 1.54) is 6.20 Å². The summed E-state index contributed by atoms with van der Waals surface area (Å²) in [4.78, 5) is 19.0. The van der Waals surface area contributed by atoms with Crippen LogP contribution in [0, 0.1) is 0 Å². The van der Waals surface area contributed by atoms with Gasteiger partial charge < -0.3 is 5.11 Å². The second kappa shape index (κ2) is 3.02. The van der Waals surface area contributed by atoms with Gasteiger partial charge in [0, 0.05) is 11.6 Å². The summed E-state index contributed by atoms with van der Waals surface area (Å²) in [5.41, 5.74) is 0.0494. The Balaban J connectivity index is 2.46. The van der Waals surface area contributed by atoms with E-state index in [9.17, 15) is 4.79 Å². The van der Waals surface area contributed by atoms with Gasteiger partial charge in [-0.1, -0.05) is 6.92 Å². The number of nitrogens with zero attached hydrogens (tertiary/aromatic N) is 2. The van der Waals surface area contributed by atoms with Crippen LogP contribution in [0.3, 0.4) is 0 Å². The van der Waals surface area contributed by atoms with Crippen molar-refractivity contribution in [3.8, 4) is 0 Å². The highest BCUT2D eigenvalue weighted by Crippen LogP contribution is 2.45. The SMILES string of the molecule is CC1(c2ncc(Br)c(C(=O)O)n2)CC1. The van der Waals surface area contributed by atoms with E-state index in [0.717, 1.165) is 12.8 Å². The third-order valence-corrected chi connectivity index (χ3v) is 3.07. The summed E-state index contributed by atoms with van der Waals surface area (Å²) in [7, 11) is 0. The quantitative estimate of drug-likeness (QED) is 0.879. The number of carboxylic acids is 1. The van der Waals surface area contributed by atoms with Crippen molar-refractivity contribution in [2.45, 2.75) is 25.2 Å². The van der Waals surface area contributed by atoms with Gasteiger partial charge in [-0.3, -0.25) is 0 Å². The minimum absolute atomic E-state index is 0.00486. The van der Waals surface area contributed by atoms with Crippen LogP contribution in [0.2, 0.25) is 0 Å². The number of hydrogen-bond donors (Lipinski definition) is 1. The molecule has 1 fully saturated rings. The van der Waals surface area contributed by atoms with Gasteiger partial charge in [-0.15, -0.1) is 0 Å². The lowest BCUT2D eigenvalue weighted by Crippen LogP contribution is -2.12. The van der Waals surface area contributed by atoms with Crippen LogP contribution in [-0.4, -0.2) is 21.0 Å². The molecule has 4 nitrogen and oxygen atoms in total. The summed E-state index contributed by atoms with van der Waals surface area (Å²) in [6.07, 6.45) is 3.58. The topological polar surface area (TPSA) is 63.1 Å². The maximum atomic E-state index is 10.8. The zero-order chi connectivity index (χ0) is 10.3. The van der Waals surface area contributed by atoms with Crippen molar-refractivity contribution >= 4 is 21.9 Å². The molecule has 74 valence electrons. The van der Waals surface area contributed by atoms with Gasteiger partial charge in [0.25, 0.3) is 0 Å². The van der Waals surface area contributed by atoms with Crippen LogP contribution >= 0.6 is 15.9 Å². The van der Waals surface area contributed by atoms with E-state index in [-0.39, 0.29) is 11.1 Å². The molecule has 0 bridgehead atoms. The van der Waals surface area contributed by atoms with Gasteiger partial charge in [-0.05, 0) is 28.8 Å². The zero-order valence-corrected chi connectivity index (χ0v) is 9.21. The van der Waals surface area contributed by atoms with E-state index in [0.29, 0.717) is 10.3 Å². The minimum Gasteiger partial charge on any atom is -0.476 e. The Hall–Kier alpha value is -0.970. The number of aromatic carboxylic acids is 1. The monoisotopic (exact) mass is 256 g/mol. The Morgan fingerprint density at radius 2 is 2.29 bits per heavy atom. The van der Waals surface area contributed by atoms with Crippen LogP contribution in [0.4, 0.5) is 0 Å². The Morgan fingerprint density at radius 3 is 2.79 bits per heavy atom. The molecular formula is C9H9BrN2O2. The third-order valence-electron chi connectivity index (χ3n) is 2.49. The predicted octanol–water partition coefficient (Wildman–Crippen LogP) is 1.99. The molecule has 1 aromatic heterocycles. The summed E-state index contributed by atoms with van der Waals surface area (Å²) < 4.78 is 0.429. The van der Waals surface area contributed by atoms with Crippen LogP contribution in [0.1, 0.15) is 36.1 Å². The molecule has 1 aliphatic carbocycles. The van der Waals surface area contributed by atoms with E-state index < -0.39 is 5.97 Å². The molecule has 0 atom stereocenters. The summed E-state index contributed by atoms with van der Waals surface area (Å²) >= 11 is 3.11. The Morgan fingerprint density at radius 1 is 1.64 bits per heavy atom. The van der Waals surface area contributed by atoms with Crippen LogP contribution in [0.25, 0.3) is 0 Å². The van der Waals surface area contributed by atoms with Gasteiger partial charge in [-0.25, -0.2) is 14.8 Å². The lowest BCUT2D eigenvalue weighted by atomic mass is 10.1. The molecule has 0 amide bonds. The molecule has 1 saturated carbocycles. The molecule has 0 radical (unpaired) electrons. The highest BCUT2D eigenvalue weighted by molar-refractivity contribution is 9.10. The van der Waals surface area contributed by atoms with Crippen LogP contribution in [0.15, 0.2) is 10.7 Å². The highest BCUT2D eigenvalue weighted by Gasteiger charge is 2.42. The van der Waals surface area contributed by atoms with Gasteiger partial charge in [0.05, 0.1) is 4.47 Å². The van der Waals surface area contributed by atoms with Gasteiger partial charge >= 0.3 is 5.97 Å². The van der Waals surface area contributed by atoms with E-state index >= 15 is 0 Å². The number of aromatic nitrogens is 2. The molecule has 0 saturated heterocycles.